The summed E-state index contributed by atoms with van der Waals surface area (Å²) in [6, 6.07) is 10.9. The van der Waals surface area contributed by atoms with Gasteiger partial charge in [-0.15, -0.1) is 0 Å². The number of nitrogens with zero attached hydrogens (tertiary/aromatic N) is 4. The Morgan fingerprint density at radius 3 is 2.53 bits per heavy atom. The van der Waals surface area contributed by atoms with Crippen molar-refractivity contribution in [1.82, 2.24) is 19.5 Å². The van der Waals surface area contributed by atoms with E-state index < -0.39 is 9.84 Å². The molecule has 1 aliphatic rings. The van der Waals surface area contributed by atoms with Gasteiger partial charge in [-0.2, -0.15) is 0 Å². The number of methoxy groups -OCH3 is 2. The van der Waals surface area contributed by atoms with Crippen molar-refractivity contribution in [3.63, 3.8) is 0 Å². The number of ether oxygens (including phenoxy) is 2. The lowest BCUT2D eigenvalue weighted by Gasteiger charge is -2.19. The first-order chi connectivity index (χ1) is 18.3. The van der Waals surface area contributed by atoms with E-state index in [1.807, 2.05) is 22.8 Å². The maximum atomic E-state index is 12.0. The van der Waals surface area contributed by atoms with Crippen molar-refractivity contribution in [2.45, 2.75) is 31.8 Å². The minimum atomic E-state index is -3.00. The van der Waals surface area contributed by atoms with Gasteiger partial charge in [0.05, 0.1) is 45.1 Å². The summed E-state index contributed by atoms with van der Waals surface area (Å²) in [6.45, 7) is 0.684. The predicted octanol–water partition coefficient (Wildman–Crippen LogP) is 4.52. The van der Waals surface area contributed by atoms with Crippen LogP contribution in [-0.4, -0.2) is 53.7 Å². The van der Waals surface area contributed by atoms with Gasteiger partial charge in [-0.05, 0) is 37.1 Å². The largest absolute Gasteiger partial charge is 0.497 e. The van der Waals surface area contributed by atoms with Crippen LogP contribution in [-0.2, 0) is 22.9 Å². The van der Waals surface area contributed by atoms with Crippen LogP contribution in [0.2, 0.25) is 10.0 Å². The molecule has 0 bridgehead atoms. The third kappa shape index (κ3) is 5.52. The zero-order valence-electron chi connectivity index (χ0n) is 20.9. The van der Waals surface area contributed by atoms with Crippen molar-refractivity contribution >= 4 is 44.2 Å². The second-order valence-corrected chi connectivity index (χ2v) is 12.3. The summed E-state index contributed by atoms with van der Waals surface area (Å²) < 4.78 is 36.6. The normalized spacial score (nSPS) is 16.2. The molecule has 3 heterocycles. The van der Waals surface area contributed by atoms with Gasteiger partial charge in [-0.25, -0.2) is 18.4 Å². The number of imidazole rings is 1. The molecule has 2 aromatic heterocycles. The van der Waals surface area contributed by atoms with E-state index >= 15 is 0 Å². The molecule has 0 radical (unpaired) electrons. The molecular weight excluding hydrogens is 549 g/mol. The van der Waals surface area contributed by atoms with Crippen molar-refractivity contribution in [2.75, 3.05) is 25.7 Å². The van der Waals surface area contributed by atoms with Gasteiger partial charge in [-0.1, -0.05) is 29.3 Å². The zero-order chi connectivity index (χ0) is 26.9. The average molecular weight is 577 g/mol. The first kappa shape index (κ1) is 26.5. The molecule has 0 unspecified atom stereocenters. The number of sulfone groups is 1. The standard InChI is InChI=1S/C26H27Cl2N5O4S/c1-36-18-7-6-17(22(12-18)37-2)13-29-25-23-26(32-24(31-23)16-8-10-38(34,35)11-9-16)33(15-30-25)14-19-20(27)4-3-5-21(19)28/h3-7,12,15-16H,8-11,13-14H2,1-2H3,(H,31,32). The quantitative estimate of drug-likeness (QED) is 0.346. The van der Waals surface area contributed by atoms with Crippen LogP contribution in [0.4, 0.5) is 0 Å². The minimum Gasteiger partial charge on any atom is -0.497 e. The number of H-pyrrole nitrogens is 1. The average Bonchev–Trinajstić information content (AvgIpc) is 3.36. The van der Waals surface area contributed by atoms with Gasteiger partial charge in [0.2, 0.25) is 0 Å². The Balaban J connectivity index is 1.57. The number of benzene rings is 2. The third-order valence-corrected chi connectivity index (χ3v) is 9.17. The van der Waals surface area contributed by atoms with Gasteiger partial charge in [0.25, 0.3) is 0 Å². The van der Waals surface area contributed by atoms with Crippen LogP contribution in [0.15, 0.2) is 47.7 Å². The van der Waals surface area contributed by atoms with Gasteiger partial charge in [0, 0.05) is 33.2 Å². The van der Waals surface area contributed by atoms with Crippen molar-refractivity contribution in [2.24, 2.45) is 4.99 Å². The number of aromatic nitrogens is 4. The number of aromatic amines is 1. The first-order valence-corrected chi connectivity index (χ1v) is 14.7. The van der Waals surface area contributed by atoms with Crippen LogP contribution in [0.3, 0.4) is 0 Å². The lowest BCUT2D eigenvalue weighted by molar-refractivity contribution is 0.391. The molecule has 5 rings (SSSR count). The van der Waals surface area contributed by atoms with E-state index in [0.717, 1.165) is 17.0 Å². The highest BCUT2D eigenvalue weighted by molar-refractivity contribution is 7.91. The Morgan fingerprint density at radius 1 is 1.11 bits per heavy atom. The second kappa shape index (κ2) is 11.0. The van der Waals surface area contributed by atoms with E-state index in [0.29, 0.717) is 64.1 Å². The molecule has 12 heteroatoms. The molecule has 1 saturated heterocycles. The topological polar surface area (TPSA) is 111 Å². The Hall–Kier alpha value is -3.08. The van der Waals surface area contributed by atoms with Crippen molar-refractivity contribution < 1.29 is 17.9 Å². The molecule has 1 fully saturated rings. The maximum Gasteiger partial charge on any atom is 0.177 e. The molecule has 0 aliphatic carbocycles. The van der Waals surface area contributed by atoms with Crippen LogP contribution in [0.25, 0.3) is 11.2 Å². The monoisotopic (exact) mass is 575 g/mol. The highest BCUT2D eigenvalue weighted by atomic mass is 35.5. The highest BCUT2D eigenvalue weighted by Crippen LogP contribution is 2.30. The van der Waals surface area contributed by atoms with E-state index in [2.05, 4.69) is 9.97 Å². The van der Waals surface area contributed by atoms with Gasteiger partial charge in [0.1, 0.15) is 32.7 Å². The predicted molar refractivity (Wildman–Crippen MR) is 147 cm³/mol. The van der Waals surface area contributed by atoms with Crippen LogP contribution < -0.4 is 15.0 Å². The number of fused-ring (bicyclic) bond motifs is 1. The molecule has 0 atom stereocenters. The first-order valence-electron chi connectivity index (χ1n) is 12.1. The Labute approximate surface area is 230 Å². The van der Waals surface area contributed by atoms with E-state index in [9.17, 15) is 8.42 Å². The summed E-state index contributed by atoms with van der Waals surface area (Å²) in [4.78, 5) is 17.7. The van der Waals surface area contributed by atoms with Crippen molar-refractivity contribution in [1.29, 1.82) is 0 Å². The summed E-state index contributed by atoms with van der Waals surface area (Å²) in [5, 5.41) is 1.10. The summed E-state index contributed by atoms with van der Waals surface area (Å²) in [5.74, 6) is 2.38. The van der Waals surface area contributed by atoms with Gasteiger partial charge >= 0.3 is 0 Å². The lowest BCUT2D eigenvalue weighted by Crippen LogP contribution is -2.22. The number of nitrogens with one attached hydrogen (secondary N) is 1. The molecule has 38 heavy (non-hydrogen) atoms. The Bertz CT molecular complexity index is 1630. The summed E-state index contributed by atoms with van der Waals surface area (Å²) in [5.41, 5.74) is 3.41. The van der Waals surface area contributed by atoms with Crippen LogP contribution in [0.1, 0.15) is 35.7 Å². The van der Waals surface area contributed by atoms with E-state index in [4.69, 9.17) is 42.7 Å². The van der Waals surface area contributed by atoms with Crippen LogP contribution in [0, 0.1) is 0 Å². The smallest absolute Gasteiger partial charge is 0.177 e. The van der Waals surface area contributed by atoms with Crippen molar-refractivity contribution in [3.05, 3.63) is 75.2 Å². The number of hydrogen-bond acceptors (Lipinski definition) is 7. The second-order valence-electron chi connectivity index (χ2n) is 9.14. The van der Waals surface area contributed by atoms with Gasteiger partial charge < -0.3 is 19.0 Å². The molecule has 0 spiro atoms. The fourth-order valence-electron chi connectivity index (χ4n) is 4.58. The molecule has 2 aromatic carbocycles. The molecule has 4 aromatic rings. The molecule has 200 valence electrons. The SMILES string of the molecule is COc1ccc(CN=c2ncn(Cc3c(Cl)cccc3Cl)c3nc(C4CCS(=O)(=O)CC4)[nH]c23)c(OC)c1. The fraction of sp³-hybridized carbons (Fsp3) is 0.346. The van der Waals surface area contributed by atoms with Crippen LogP contribution >= 0.6 is 23.2 Å². The fourth-order valence-corrected chi connectivity index (χ4v) is 6.59. The lowest BCUT2D eigenvalue weighted by atomic mass is 10.0. The third-order valence-electron chi connectivity index (χ3n) is 6.74. The van der Waals surface area contributed by atoms with E-state index in [1.165, 1.54) is 0 Å². The summed E-state index contributed by atoms with van der Waals surface area (Å²) >= 11 is 12.9. The molecule has 1 aliphatic heterocycles. The zero-order valence-corrected chi connectivity index (χ0v) is 23.3. The van der Waals surface area contributed by atoms with Crippen LogP contribution in [0.5, 0.6) is 11.5 Å². The Morgan fingerprint density at radius 2 is 1.84 bits per heavy atom. The number of halogens is 2. The molecule has 0 saturated carbocycles. The molecular formula is C26H27Cl2N5O4S. The minimum absolute atomic E-state index is 0.00203. The van der Waals surface area contributed by atoms with Gasteiger partial charge in [-0.3, -0.25) is 4.99 Å². The molecule has 0 amide bonds. The molecule has 9 nitrogen and oxygen atoms in total. The van der Waals surface area contributed by atoms with Gasteiger partial charge in [0.15, 0.2) is 11.1 Å². The van der Waals surface area contributed by atoms with Crippen molar-refractivity contribution in [3.8, 4) is 11.5 Å². The molecule has 1 N–H and O–H groups in total. The highest BCUT2D eigenvalue weighted by Gasteiger charge is 2.27. The maximum absolute atomic E-state index is 12.0. The van der Waals surface area contributed by atoms with E-state index in [1.54, 1.807) is 38.7 Å². The summed E-state index contributed by atoms with van der Waals surface area (Å²) in [6.07, 6.45) is 2.70. The summed E-state index contributed by atoms with van der Waals surface area (Å²) in [7, 11) is 0.207. The number of rotatable bonds is 7. The number of hydrogen-bond donors (Lipinski definition) is 1. The Kier molecular flexibility index (Phi) is 7.65. The van der Waals surface area contributed by atoms with E-state index in [-0.39, 0.29) is 17.4 Å².